The molecule has 0 unspecified atom stereocenters. The summed E-state index contributed by atoms with van der Waals surface area (Å²) >= 11 is 4.52. The fourth-order valence-electron chi connectivity index (χ4n) is 0.739. The van der Waals surface area contributed by atoms with Gasteiger partial charge in [-0.2, -0.15) is 0 Å². The number of benzene rings is 1. The Kier molecular flexibility index (Phi) is 2.45. The van der Waals surface area contributed by atoms with E-state index in [4.69, 9.17) is 9.79 Å². The van der Waals surface area contributed by atoms with Crippen LogP contribution in [0.4, 0.5) is 0 Å². The Morgan fingerprint density at radius 3 is 2.00 bits per heavy atom. The van der Waals surface area contributed by atoms with Gasteiger partial charge in [-0.05, 0) is 30.9 Å². The minimum atomic E-state index is -3.20. The lowest BCUT2D eigenvalue weighted by Crippen LogP contribution is -2.01. The van der Waals surface area contributed by atoms with E-state index in [1.54, 1.807) is 12.1 Å². The minimum absolute atomic E-state index is 0.443. The fourth-order valence-corrected chi connectivity index (χ4v) is 1.64. The van der Waals surface area contributed by atoms with E-state index in [0.29, 0.717) is 5.30 Å². The molecule has 0 heterocycles. The van der Waals surface area contributed by atoms with Crippen molar-refractivity contribution in [3.63, 3.8) is 0 Å². The molecule has 0 saturated heterocycles. The van der Waals surface area contributed by atoms with E-state index in [-0.39, 0.29) is 0 Å². The van der Waals surface area contributed by atoms with E-state index in [1.165, 1.54) is 0 Å². The summed E-state index contributed by atoms with van der Waals surface area (Å²) in [4.78, 5) is 18.1. The maximum absolute atomic E-state index is 9.06. The summed E-state index contributed by atoms with van der Waals surface area (Å²) in [5.74, 6) is 0. The van der Waals surface area contributed by atoms with Crippen molar-refractivity contribution in [1.29, 1.82) is 0 Å². The Hall–Kier alpha value is -0.210. The van der Waals surface area contributed by atoms with Gasteiger partial charge in [0.05, 0.1) is 0 Å². The second-order valence-corrected chi connectivity index (χ2v) is 5.51. The molecule has 0 aliphatic carbocycles. The van der Waals surface area contributed by atoms with Gasteiger partial charge >= 0.3 is 0 Å². The lowest BCUT2D eigenvalue weighted by Gasteiger charge is -2.06. The Balaban J connectivity index is 3.09. The van der Waals surface area contributed by atoms with Crippen LogP contribution in [0.25, 0.3) is 0 Å². The third kappa shape index (κ3) is 2.38. The molecule has 11 heavy (non-hydrogen) atoms. The third-order valence-corrected chi connectivity index (χ3v) is 2.97. The van der Waals surface area contributed by atoms with Crippen molar-refractivity contribution in [2.75, 3.05) is 0 Å². The first kappa shape index (κ1) is 8.88. The zero-order chi connectivity index (χ0) is 8.48. The average molecular weight is 188 g/mol. The largest absolute Gasteiger partial charge is 0.342 e. The summed E-state index contributed by atoms with van der Waals surface area (Å²) in [7, 11) is 0. The maximum Gasteiger partial charge on any atom is 0.214 e. The van der Waals surface area contributed by atoms with Gasteiger partial charge in [0.15, 0.2) is 0 Å². The quantitative estimate of drug-likeness (QED) is 0.644. The van der Waals surface area contributed by atoms with Crippen LogP contribution in [0.5, 0.6) is 0 Å². The van der Waals surface area contributed by atoms with Crippen LogP contribution in [-0.2, 0) is 11.8 Å². The van der Waals surface area contributed by atoms with Crippen LogP contribution in [0.15, 0.2) is 24.3 Å². The van der Waals surface area contributed by atoms with Crippen molar-refractivity contribution < 1.29 is 9.79 Å². The summed E-state index contributed by atoms with van der Waals surface area (Å²) in [5.41, 5.74) is 1.08. The second kappa shape index (κ2) is 3.03. The molecule has 0 fully saturated rings. The maximum atomic E-state index is 9.06. The fraction of sp³-hybridized carbons (Fsp3) is 0.143. The molecule has 0 aromatic heterocycles. The SMILES string of the molecule is Cc1ccc(P(O)(O)=S)cc1. The van der Waals surface area contributed by atoms with E-state index in [0.717, 1.165) is 5.56 Å². The van der Waals surface area contributed by atoms with Gasteiger partial charge in [-0.1, -0.05) is 17.7 Å². The van der Waals surface area contributed by atoms with Crippen LogP contribution in [0, 0.1) is 6.92 Å². The average Bonchev–Trinajstić information content (AvgIpc) is 1.86. The molecular formula is C7H9O2PS. The van der Waals surface area contributed by atoms with Crippen LogP contribution in [0.3, 0.4) is 0 Å². The second-order valence-electron chi connectivity index (χ2n) is 2.38. The van der Waals surface area contributed by atoms with Crippen LogP contribution >= 0.6 is 6.49 Å². The van der Waals surface area contributed by atoms with E-state index in [2.05, 4.69) is 11.8 Å². The summed E-state index contributed by atoms with van der Waals surface area (Å²) in [6, 6.07) is 6.91. The first-order valence-corrected chi connectivity index (χ1v) is 5.84. The number of hydrogen-bond acceptors (Lipinski definition) is 1. The number of aryl methyl sites for hydroxylation is 1. The number of rotatable bonds is 1. The lowest BCUT2D eigenvalue weighted by atomic mass is 10.2. The van der Waals surface area contributed by atoms with E-state index in [9.17, 15) is 0 Å². The van der Waals surface area contributed by atoms with Crippen molar-refractivity contribution in [3.8, 4) is 0 Å². The van der Waals surface area contributed by atoms with E-state index >= 15 is 0 Å². The Morgan fingerprint density at radius 1 is 1.18 bits per heavy atom. The van der Waals surface area contributed by atoms with E-state index in [1.807, 2.05) is 19.1 Å². The molecule has 1 rings (SSSR count). The smallest absolute Gasteiger partial charge is 0.214 e. The predicted octanol–water partition coefficient (Wildman–Crippen LogP) is 0.914. The topological polar surface area (TPSA) is 40.5 Å². The molecule has 60 valence electrons. The summed E-state index contributed by atoms with van der Waals surface area (Å²) in [5, 5.41) is 0.443. The highest BCUT2D eigenvalue weighted by molar-refractivity contribution is 8.12. The molecule has 0 amide bonds. The molecule has 0 radical (unpaired) electrons. The van der Waals surface area contributed by atoms with Gasteiger partial charge in [0.2, 0.25) is 6.49 Å². The normalized spacial score (nSPS) is 11.5. The molecule has 0 bridgehead atoms. The van der Waals surface area contributed by atoms with Crippen molar-refractivity contribution in [2.45, 2.75) is 6.92 Å². The monoisotopic (exact) mass is 188 g/mol. The Bertz CT molecular complexity index is 288. The molecule has 0 aliphatic rings. The Morgan fingerprint density at radius 2 is 1.64 bits per heavy atom. The summed E-state index contributed by atoms with van der Waals surface area (Å²) in [6.45, 7) is -1.27. The lowest BCUT2D eigenvalue weighted by molar-refractivity contribution is 0.493. The molecular weight excluding hydrogens is 179 g/mol. The third-order valence-electron chi connectivity index (χ3n) is 1.37. The molecule has 1 aromatic carbocycles. The van der Waals surface area contributed by atoms with Gasteiger partial charge < -0.3 is 9.79 Å². The Labute approximate surface area is 70.7 Å². The van der Waals surface area contributed by atoms with Crippen LogP contribution in [-0.4, -0.2) is 9.79 Å². The highest BCUT2D eigenvalue weighted by Gasteiger charge is 2.09. The first-order chi connectivity index (χ1) is 5.00. The van der Waals surface area contributed by atoms with Crippen molar-refractivity contribution in [2.24, 2.45) is 0 Å². The van der Waals surface area contributed by atoms with Crippen molar-refractivity contribution in [3.05, 3.63) is 29.8 Å². The van der Waals surface area contributed by atoms with Gasteiger partial charge in [0.25, 0.3) is 0 Å². The minimum Gasteiger partial charge on any atom is -0.342 e. The first-order valence-electron chi connectivity index (χ1n) is 3.13. The van der Waals surface area contributed by atoms with Gasteiger partial charge in [0, 0.05) is 5.30 Å². The highest BCUT2D eigenvalue weighted by Crippen LogP contribution is 2.33. The molecule has 0 saturated carbocycles. The molecule has 0 spiro atoms. The van der Waals surface area contributed by atoms with E-state index < -0.39 is 6.49 Å². The van der Waals surface area contributed by atoms with Crippen LogP contribution < -0.4 is 5.30 Å². The van der Waals surface area contributed by atoms with Gasteiger partial charge in [0.1, 0.15) is 0 Å². The van der Waals surface area contributed by atoms with Gasteiger partial charge in [-0.3, -0.25) is 0 Å². The van der Waals surface area contributed by atoms with Crippen molar-refractivity contribution in [1.82, 2.24) is 0 Å². The standard InChI is InChI=1S/C7H9O2PS/c1-6-2-4-7(5-3-6)10(8,9)11/h2-5H,1H3,(H2,8,9,11). The van der Waals surface area contributed by atoms with Crippen LogP contribution in [0.1, 0.15) is 5.56 Å². The molecule has 1 aromatic rings. The molecule has 0 aliphatic heterocycles. The van der Waals surface area contributed by atoms with Gasteiger partial charge in [-0.25, -0.2) is 0 Å². The molecule has 4 heteroatoms. The summed E-state index contributed by atoms with van der Waals surface area (Å²) in [6.07, 6.45) is 0. The molecule has 2 N–H and O–H groups in total. The molecule has 2 nitrogen and oxygen atoms in total. The zero-order valence-electron chi connectivity index (χ0n) is 6.06. The molecule has 0 atom stereocenters. The summed E-state index contributed by atoms with van der Waals surface area (Å²) < 4.78 is 0. The van der Waals surface area contributed by atoms with Gasteiger partial charge in [-0.15, -0.1) is 0 Å². The predicted molar refractivity (Wildman–Crippen MR) is 49.5 cm³/mol. The van der Waals surface area contributed by atoms with Crippen LogP contribution in [0.2, 0.25) is 0 Å². The van der Waals surface area contributed by atoms with Crippen molar-refractivity contribution >= 4 is 23.6 Å². The number of hydrogen-bond donors (Lipinski definition) is 2. The highest BCUT2D eigenvalue weighted by atomic mass is 32.5. The zero-order valence-corrected chi connectivity index (χ0v) is 7.77.